The van der Waals surface area contributed by atoms with E-state index in [0.717, 1.165) is 5.56 Å². The quantitative estimate of drug-likeness (QED) is 0.640. The minimum absolute atomic E-state index is 0.197. The Labute approximate surface area is 122 Å². The molecule has 1 aromatic heterocycles. The number of aromatic nitrogens is 1. The molecule has 116 valence electrons. The number of amides is 2. The monoisotopic (exact) mass is 297 g/mol. The van der Waals surface area contributed by atoms with Gasteiger partial charge in [-0.2, -0.15) is 0 Å². The van der Waals surface area contributed by atoms with Crippen molar-refractivity contribution in [3.8, 4) is 5.88 Å². The number of aliphatic carboxylic acids is 1. The van der Waals surface area contributed by atoms with E-state index in [-0.39, 0.29) is 19.6 Å². The molecule has 0 spiro atoms. The third-order valence-electron chi connectivity index (χ3n) is 2.68. The molecule has 1 aromatic rings. The van der Waals surface area contributed by atoms with Gasteiger partial charge in [0.1, 0.15) is 6.04 Å². The number of pyridine rings is 1. The van der Waals surface area contributed by atoms with Crippen LogP contribution >= 0.6 is 0 Å². The summed E-state index contributed by atoms with van der Waals surface area (Å²) in [6, 6.07) is 1.86. The molecule has 1 rings (SSSR count). The molecule has 3 N–H and O–H groups in total. The minimum atomic E-state index is -1.10. The van der Waals surface area contributed by atoms with Gasteiger partial charge in [0, 0.05) is 38.9 Å². The fraction of sp³-hybridized carbons (Fsp3) is 0.462. The van der Waals surface area contributed by atoms with Gasteiger partial charge in [0.15, 0.2) is 0 Å². The van der Waals surface area contributed by atoms with E-state index in [1.165, 1.54) is 14.2 Å². The fourth-order valence-corrected chi connectivity index (χ4v) is 1.56. The number of hydrogen-bond acceptors (Lipinski definition) is 5. The summed E-state index contributed by atoms with van der Waals surface area (Å²) in [5.41, 5.74) is 0.792. The van der Waals surface area contributed by atoms with E-state index in [9.17, 15) is 9.59 Å². The lowest BCUT2D eigenvalue weighted by Crippen LogP contribution is -2.46. The summed E-state index contributed by atoms with van der Waals surface area (Å²) in [7, 11) is 2.97. The molecule has 2 amide bonds. The van der Waals surface area contributed by atoms with E-state index >= 15 is 0 Å². The van der Waals surface area contributed by atoms with Crippen molar-refractivity contribution < 1.29 is 24.2 Å². The first-order chi connectivity index (χ1) is 10.1. The second-order valence-electron chi connectivity index (χ2n) is 4.21. The molecular weight excluding hydrogens is 278 g/mol. The van der Waals surface area contributed by atoms with Crippen LogP contribution < -0.4 is 15.4 Å². The van der Waals surface area contributed by atoms with Gasteiger partial charge in [-0.3, -0.25) is 0 Å². The van der Waals surface area contributed by atoms with Crippen LogP contribution in [0.4, 0.5) is 4.79 Å². The first kappa shape index (κ1) is 16.7. The maximum Gasteiger partial charge on any atom is 0.326 e. The smallest absolute Gasteiger partial charge is 0.326 e. The Morgan fingerprint density at radius 1 is 1.43 bits per heavy atom. The van der Waals surface area contributed by atoms with Crippen molar-refractivity contribution >= 4 is 12.0 Å². The van der Waals surface area contributed by atoms with E-state index in [0.29, 0.717) is 5.88 Å². The Hall–Kier alpha value is -2.35. The molecule has 8 nitrogen and oxygen atoms in total. The molecule has 1 heterocycles. The number of carbonyl (C=O) groups is 2. The molecule has 8 heteroatoms. The van der Waals surface area contributed by atoms with Crippen molar-refractivity contribution in [3.05, 3.63) is 23.9 Å². The number of nitrogens with one attached hydrogen (secondary N) is 2. The lowest BCUT2D eigenvalue weighted by molar-refractivity contribution is -0.139. The second kappa shape index (κ2) is 8.75. The number of hydrogen-bond donors (Lipinski definition) is 3. The van der Waals surface area contributed by atoms with Crippen LogP contribution in [0.25, 0.3) is 0 Å². The summed E-state index contributed by atoms with van der Waals surface area (Å²) in [6.07, 6.45) is 1.76. The number of urea groups is 1. The van der Waals surface area contributed by atoms with Gasteiger partial charge in [-0.05, 0) is 11.6 Å². The summed E-state index contributed by atoms with van der Waals surface area (Å²) in [4.78, 5) is 26.6. The number of methoxy groups -OCH3 is 2. The summed E-state index contributed by atoms with van der Waals surface area (Å²) in [5.74, 6) is -0.661. The van der Waals surface area contributed by atoms with E-state index in [2.05, 4.69) is 15.6 Å². The summed E-state index contributed by atoms with van der Waals surface area (Å²) < 4.78 is 9.77. The van der Waals surface area contributed by atoms with Crippen LogP contribution in [-0.4, -0.2) is 49.0 Å². The third kappa shape index (κ3) is 6.09. The Bertz CT molecular complexity index is 481. The van der Waals surface area contributed by atoms with E-state index in [1.54, 1.807) is 18.3 Å². The number of rotatable bonds is 8. The molecule has 1 unspecified atom stereocenters. The Kier molecular flexibility index (Phi) is 6.96. The highest BCUT2D eigenvalue weighted by molar-refractivity contribution is 5.82. The van der Waals surface area contributed by atoms with Crippen LogP contribution in [0.3, 0.4) is 0 Å². The third-order valence-corrected chi connectivity index (χ3v) is 2.68. The second-order valence-corrected chi connectivity index (χ2v) is 4.21. The highest BCUT2D eigenvalue weighted by Crippen LogP contribution is 2.07. The van der Waals surface area contributed by atoms with Gasteiger partial charge in [-0.25, -0.2) is 14.6 Å². The molecule has 0 bridgehead atoms. The van der Waals surface area contributed by atoms with Gasteiger partial charge in [0.25, 0.3) is 0 Å². The molecule has 0 aliphatic heterocycles. The largest absolute Gasteiger partial charge is 0.481 e. The van der Waals surface area contributed by atoms with E-state index in [1.807, 2.05) is 0 Å². The van der Waals surface area contributed by atoms with Crippen LogP contribution in [0.1, 0.15) is 12.0 Å². The first-order valence-electron chi connectivity index (χ1n) is 6.32. The van der Waals surface area contributed by atoms with Crippen molar-refractivity contribution in [3.63, 3.8) is 0 Å². The Morgan fingerprint density at radius 2 is 2.19 bits per heavy atom. The maximum absolute atomic E-state index is 11.7. The molecule has 0 saturated heterocycles. The fourth-order valence-electron chi connectivity index (χ4n) is 1.56. The van der Waals surface area contributed by atoms with E-state index < -0.39 is 18.0 Å². The number of nitrogens with zero attached hydrogens (tertiary/aromatic N) is 1. The highest BCUT2D eigenvalue weighted by atomic mass is 16.5. The van der Waals surface area contributed by atoms with Crippen molar-refractivity contribution in [1.82, 2.24) is 15.6 Å². The number of carbonyl (C=O) groups excluding carboxylic acids is 1. The molecule has 21 heavy (non-hydrogen) atoms. The minimum Gasteiger partial charge on any atom is -0.481 e. The lowest BCUT2D eigenvalue weighted by Gasteiger charge is -2.14. The Balaban J connectivity index is 2.46. The zero-order chi connectivity index (χ0) is 15.7. The Morgan fingerprint density at radius 3 is 2.81 bits per heavy atom. The molecule has 0 fully saturated rings. The van der Waals surface area contributed by atoms with Gasteiger partial charge in [-0.15, -0.1) is 0 Å². The average Bonchev–Trinajstić information content (AvgIpc) is 2.49. The molecule has 0 aliphatic carbocycles. The van der Waals surface area contributed by atoms with Crippen molar-refractivity contribution in [2.75, 3.05) is 20.8 Å². The highest BCUT2D eigenvalue weighted by Gasteiger charge is 2.19. The van der Waals surface area contributed by atoms with Crippen LogP contribution in [0.5, 0.6) is 5.88 Å². The van der Waals surface area contributed by atoms with Crippen molar-refractivity contribution in [1.29, 1.82) is 0 Å². The normalized spacial score (nSPS) is 11.5. The number of carboxylic acids is 1. The molecule has 0 aromatic carbocycles. The molecule has 0 saturated carbocycles. The number of ether oxygens (including phenoxy) is 2. The molecule has 1 atom stereocenters. The summed E-state index contributed by atoms with van der Waals surface area (Å²) in [5, 5.41) is 13.9. The maximum atomic E-state index is 11.7. The van der Waals surface area contributed by atoms with Gasteiger partial charge in [0.2, 0.25) is 5.88 Å². The first-order valence-corrected chi connectivity index (χ1v) is 6.32. The van der Waals surface area contributed by atoms with Gasteiger partial charge in [0.05, 0.1) is 7.11 Å². The predicted octanol–water partition coefficient (Wildman–Crippen LogP) is 0.379. The van der Waals surface area contributed by atoms with Crippen LogP contribution in [0, 0.1) is 0 Å². The van der Waals surface area contributed by atoms with Crippen LogP contribution in [0.2, 0.25) is 0 Å². The van der Waals surface area contributed by atoms with Gasteiger partial charge < -0.3 is 25.2 Å². The number of carboxylic acid groups (broad SMARTS) is 1. The zero-order valence-electron chi connectivity index (χ0n) is 12.0. The van der Waals surface area contributed by atoms with Gasteiger partial charge >= 0.3 is 12.0 Å². The van der Waals surface area contributed by atoms with E-state index in [4.69, 9.17) is 14.6 Å². The topological polar surface area (TPSA) is 110 Å². The van der Waals surface area contributed by atoms with Crippen molar-refractivity contribution in [2.45, 2.75) is 19.0 Å². The van der Waals surface area contributed by atoms with Crippen LogP contribution in [0.15, 0.2) is 18.3 Å². The molecule has 0 radical (unpaired) electrons. The predicted molar refractivity (Wildman–Crippen MR) is 74.1 cm³/mol. The van der Waals surface area contributed by atoms with Crippen LogP contribution in [-0.2, 0) is 16.1 Å². The van der Waals surface area contributed by atoms with Crippen molar-refractivity contribution in [2.24, 2.45) is 0 Å². The standard InChI is InChI=1S/C13H19N3O5/c1-20-6-4-10(12(17)18)16-13(19)15-8-9-3-5-14-11(7-9)21-2/h3,5,7,10H,4,6,8H2,1-2H3,(H,17,18)(H2,15,16,19). The van der Waals surface area contributed by atoms with Gasteiger partial charge in [-0.1, -0.05) is 0 Å². The summed E-state index contributed by atoms with van der Waals surface area (Å²) in [6.45, 7) is 0.486. The molecular formula is C13H19N3O5. The zero-order valence-corrected chi connectivity index (χ0v) is 12.0. The summed E-state index contributed by atoms with van der Waals surface area (Å²) >= 11 is 0. The molecule has 0 aliphatic rings. The average molecular weight is 297 g/mol. The lowest BCUT2D eigenvalue weighted by atomic mass is 10.2. The SMILES string of the molecule is COCCC(NC(=O)NCc1ccnc(OC)c1)C(=O)O.